The molecular formula is C23H28N6O2. The summed E-state index contributed by atoms with van der Waals surface area (Å²) in [6.45, 7) is 5.13. The molecule has 0 fully saturated rings. The molecule has 2 aromatic heterocycles. The third-order valence-corrected chi connectivity index (χ3v) is 6.11. The van der Waals surface area contributed by atoms with Gasteiger partial charge in [-0.15, -0.1) is 0 Å². The summed E-state index contributed by atoms with van der Waals surface area (Å²) < 4.78 is 3.67. The molecule has 0 aliphatic carbocycles. The first-order chi connectivity index (χ1) is 14.8. The van der Waals surface area contributed by atoms with E-state index in [1.165, 1.54) is 0 Å². The Labute approximate surface area is 181 Å². The third kappa shape index (κ3) is 4.10. The van der Waals surface area contributed by atoms with Gasteiger partial charge in [-0.05, 0) is 38.0 Å². The SMILES string of the molecule is Cc1nn(C)c(C)c1CCC(=O)N1CCc2c(c(NC(=O)c3ccccc3)nn2C)C1. The molecule has 1 aromatic carbocycles. The Morgan fingerprint density at radius 3 is 2.48 bits per heavy atom. The van der Waals surface area contributed by atoms with Gasteiger partial charge in [-0.25, -0.2) is 0 Å². The number of nitrogens with one attached hydrogen (secondary N) is 1. The molecule has 1 N–H and O–H groups in total. The zero-order chi connectivity index (χ0) is 22.1. The second kappa shape index (κ2) is 8.37. The molecule has 8 nitrogen and oxygen atoms in total. The number of hydrogen-bond acceptors (Lipinski definition) is 4. The Morgan fingerprint density at radius 2 is 1.81 bits per heavy atom. The van der Waals surface area contributed by atoms with E-state index in [1.54, 1.807) is 16.8 Å². The largest absolute Gasteiger partial charge is 0.338 e. The molecule has 3 aromatic rings. The Kier molecular flexibility index (Phi) is 5.63. The van der Waals surface area contributed by atoms with Crippen LogP contribution in [0.4, 0.5) is 5.82 Å². The lowest BCUT2D eigenvalue weighted by molar-refractivity contribution is -0.132. The molecular weight excluding hydrogens is 392 g/mol. The first-order valence-electron chi connectivity index (χ1n) is 10.5. The van der Waals surface area contributed by atoms with Gasteiger partial charge in [0, 0.05) is 56.0 Å². The van der Waals surface area contributed by atoms with E-state index >= 15 is 0 Å². The number of rotatable bonds is 5. The normalized spacial score (nSPS) is 13.2. The highest BCUT2D eigenvalue weighted by atomic mass is 16.2. The first-order valence-corrected chi connectivity index (χ1v) is 10.5. The fourth-order valence-electron chi connectivity index (χ4n) is 4.24. The lowest BCUT2D eigenvalue weighted by Gasteiger charge is -2.27. The van der Waals surface area contributed by atoms with Gasteiger partial charge in [-0.1, -0.05) is 18.2 Å². The van der Waals surface area contributed by atoms with E-state index in [1.807, 2.05) is 55.7 Å². The topological polar surface area (TPSA) is 85.1 Å². The molecule has 0 spiro atoms. The molecule has 0 saturated heterocycles. The predicted molar refractivity (Wildman–Crippen MR) is 118 cm³/mol. The molecule has 8 heteroatoms. The van der Waals surface area contributed by atoms with Crippen molar-refractivity contribution >= 4 is 17.6 Å². The van der Waals surface area contributed by atoms with Crippen molar-refractivity contribution in [3.8, 4) is 0 Å². The number of aromatic nitrogens is 4. The van der Waals surface area contributed by atoms with Crippen molar-refractivity contribution in [3.63, 3.8) is 0 Å². The summed E-state index contributed by atoms with van der Waals surface area (Å²) >= 11 is 0. The van der Waals surface area contributed by atoms with E-state index < -0.39 is 0 Å². The molecule has 3 heterocycles. The van der Waals surface area contributed by atoms with Crippen molar-refractivity contribution in [3.05, 3.63) is 64.1 Å². The van der Waals surface area contributed by atoms with Crippen LogP contribution in [0.1, 0.15) is 45.0 Å². The number of nitrogens with zero attached hydrogens (tertiary/aromatic N) is 5. The Balaban J connectivity index is 1.46. The van der Waals surface area contributed by atoms with E-state index in [-0.39, 0.29) is 11.8 Å². The zero-order valence-electron chi connectivity index (χ0n) is 18.5. The van der Waals surface area contributed by atoms with Crippen molar-refractivity contribution in [2.24, 2.45) is 14.1 Å². The summed E-state index contributed by atoms with van der Waals surface area (Å²) in [6.07, 6.45) is 1.84. The molecule has 4 rings (SSSR count). The van der Waals surface area contributed by atoms with Crippen LogP contribution in [0.2, 0.25) is 0 Å². The van der Waals surface area contributed by atoms with Gasteiger partial charge in [0.15, 0.2) is 5.82 Å². The van der Waals surface area contributed by atoms with Gasteiger partial charge < -0.3 is 10.2 Å². The number of carbonyl (C=O) groups excluding carboxylic acids is 2. The van der Waals surface area contributed by atoms with E-state index in [4.69, 9.17) is 0 Å². The van der Waals surface area contributed by atoms with Crippen LogP contribution >= 0.6 is 0 Å². The molecule has 0 radical (unpaired) electrons. The van der Waals surface area contributed by atoms with Crippen LogP contribution < -0.4 is 5.32 Å². The maximum Gasteiger partial charge on any atom is 0.256 e. The molecule has 0 atom stereocenters. The average molecular weight is 421 g/mol. The van der Waals surface area contributed by atoms with Gasteiger partial charge in [0.1, 0.15) is 0 Å². The van der Waals surface area contributed by atoms with Gasteiger partial charge in [0.2, 0.25) is 5.91 Å². The highest BCUT2D eigenvalue weighted by Gasteiger charge is 2.27. The fraction of sp³-hybridized carbons (Fsp3) is 0.391. The summed E-state index contributed by atoms with van der Waals surface area (Å²) in [5, 5.41) is 11.9. The smallest absolute Gasteiger partial charge is 0.256 e. The summed E-state index contributed by atoms with van der Waals surface area (Å²) in [5.74, 6) is 0.438. The number of benzene rings is 1. The Morgan fingerprint density at radius 1 is 1.06 bits per heavy atom. The summed E-state index contributed by atoms with van der Waals surface area (Å²) in [5.41, 5.74) is 5.78. The molecule has 0 unspecified atom stereocenters. The van der Waals surface area contributed by atoms with Gasteiger partial charge in [0.25, 0.3) is 5.91 Å². The van der Waals surface area contributed by atoms with Gasteiger partial charge >= 0.3 is 0 Å². The summed E-state index contributed by atoms with van der Waals surface area (Å²) in [6, 6.07) is 9.06. The van der Waals surface area contributed by atoms with E-state index in [0.717, 1.165) is 34.6 Å². The lowest BCUT2D eigenvalue weighted by atomic mass is 10.0. The van der Waals surface area contributed by atoms with Crippen molar-refractivity contribution in [2.45, 2.75) is 39.7 Å². The maximum absolute atomic E-state index is 13.0. The predicted octanol–water partition coefficient (Wildman–Crippen LogP) is 2.54. The first kappa shape index (κ1) is 20.8. The van der Waals surface area contributed by atoms with Crippen LogP contribution in [0.3, 0.4) is 0 Å². The van der Waals surface area contributed by atoms with Gasteiger partial charge in [-0.3, -0.25) is 19.0 Å². The third-order valence-electron chi connectivity index (χ3n) is 6.11. The highest BCUT2D eigenvalue weighted by Crippen LogP contribution is 2.27. The number of fused-ring (bicyclic) bond motifs is 1. The number of hydrogen-bond donors (Lipinski definition) is 1. The Bertz CT molecular complexity index is 1130. The Hall–Kier alpha value is -3.42. The minimum Gasteiger partial charge on any atom is -0.338 e. The van der Waals surface area contributed by atoms with Crippen LogP contribution in [-0.2, 0) is 38.3 Å². The van der Waals surface area contributed by atoms with Crippen molar-refractivity contribution in [1.82, 2.24) is 24.5 Å². The second-order valence-electron chi connectivity index (χ2n) is 8.06. The van der Waals surface area contributed by atoms with Crippen LogP contribution in [0.15, 0.2) is 30.3 Å². The van der Waals surface area contributed by atoms with E-state index in [9.17, 15) is 9.59 Å². The number of carbonyl (C=O) groups is 2. The highest BCUT2D eigenvalue weighted by molar-refractivity contribution is 6.04. The fourth-order valence-corrected chi connectivity index (χ4v) is 4.24. The van der Waals surface area contributed by atoms with E-state index in [0.29, 0.717) is 37.3 Å². The lowest BCUT2D eigenvalue weighted by Crippen LogP contribution is -2.36. The number of amides is 2. The van der Waals surface area contributed by atoms with E-state index in [2.05, 4.69) is 15.5 Å². The monoisotopic (exact) mass is 420 g/mol. The van der Waals surface area contributed by atoms with Gasteiger partial charge in [0.05, 0.1) is 12.2 Å². The minimum atomic E-state index is -0.201. The number of anilines is 1. The summed E-state index contributed by atoms with van der Waals surface area (Å²) in [4.78, 5) is 27.4. The number of aryl methyl sites for hydroxylation is 3. The molecule has 0 saturated carbocycles. The van der Waals surface area contributed by atoms with Crippen LogP contribution in [0.25, 0.3) is 0 Å². The maximum atomic E-state index is 13.0. The molecule has 2 amide bonds. The zero-order valence-corrected chi connectivity index (χ0v) is 18.5. The average Bonchev–Trinajstić information content (AvgIpc) is 3.21. The molecule has 162 valence electrons. The van der Waals surface area contributed by atoms with Crippen LogP contribution in [0, 0.1) is 13.8 Å². The standard InChI is InChI=1S/C23H28N6O2/c1-15-18(16(2)27(3)25-15)10-11-21(30)29-13-12-20-19(14-29)22(26-28(20)4)24-23(31)17-8-6-5-7-9-17/h5-9H,10-14H2,1-4H3,(H,24,26,31). The molecule has 1 aliphatic heterocycles. The minimum absolute atomic E-state index is 0.109. The summed E-state index contributed by atoms with van der Waals surface area (Å²) in [7, 11) is 3.80. The van der Waals surface area contributed by atoms with Crippen LogP contribution in [-0.4, -0.2) is 42.8 Å². The van der Waals surface area contributed by atoms with Crippen LogP contribution in [0.5, 0.6) is 0 Å². The molecule has 1 aliphatic rings. The second-order valence-corrected chi connectivity index (χ2v) is 8.06. The van der Waals surface area contributed by atoms with Crippen molar-refractivity contribution in [2.75, 3.05) is 11.9 Å². The van der Waals surface area contributed by atoms with Crippen molar-refractivity contribution in [1.29, 1.82) is 0 Å². The quantitative estimate of drug-likeness (QED) is 0.687. The molecule has 31 heavy (non-hydrogen) atoms. The molecule has 0 bridgehead atoms. The van der Waals surface area contributed by atoms with Gasteiger partial charge in [-0.2, -0.15) is 10.2 Å². The van der Waals surface area contributed by atoms with Crippen molar-refractivity contribution < 1.29 is 9.59 Å².